The second-order valence-electron chi connectivity index (χ2n) is 5.73. The Morgan fingerprint density at radius 2 is 1.67 bits per heavy atom. The van der Waals surface area contributed by atoms with Gasteiger partial charge in [-0.2, -0.15) is 0 Å². The highest BCUT2D eigenvalue weighted by molar-refractivity contribution is 6.39. The summed E-state index contributed by atoms with van der Waals surface area (Å²) >= 11 is 12.1. The van der Waals surface area contributed by atoms with Gasteiger partial charge in [0.15, 0.2) is 5.78 Å². The smallest absolute Gasteiger partial charge is 0.165 e. The van der Waals surface area contributed by atoms with E-state index in [2.05, 4.69) is 4.90 Å². The first-order valence-electron chi connectivity index (χ1n) is 7.88. The summed E-state index contributed by atoms with van der Waals surface area (Å²) in [6.07, 6.45) is 7.75. The Morgan fingerprint density at radius 3 is 2.33 bits per heavy atom. The van der Waals surface area contributed by atoms with Crippen molar-refractivity contribution in [2.75, 3.05) is 19.6 Å². The normalized spacial score (nSPS) is 16.1. The van der Waals surface area contributed by atoms with E-state index in [4.69, 9.17) is 23.2 Å². The summed E-state index contributed by atoms with van der Waals surface area (Å²) in [6, 6.07) is 5.20. The van der Waals surface area contributed by atoms with E-state index in [1.165, 1.54) is 45.3 Å². The zero-order valence-electron chi connectivity index (χ0n) is 12.4. The molecule has 1 heterocycles. The second-order valence-corrected chi connectivity index (χ2v) is 6.55. The van der Waals surface area contributed by atoms with Crippen molar-refractivity contribution in [3.05, 3.63) is 33.8 Å². The molecular formula is C17H23Cl2NO. The molecular weight excluding hydrogens is 305 g/mol. The van der Waals surface area contributed by atoms with Crippen molar-refractivity contribution in [1.29, 1.82) is 0 Å². The van der Waals surface area contributed by atoms with Gasteiger partial charge < -0.3 is 4.90 Å². The van der Waals surface area contributed by atoms with Crippen LogP contribution in [0.2, 0.25) is 10.0 Å². The lowest BCUT2D eigenvalue weighted by atomic mass is 10.0. The molecule has 21 heavy (non-hydrogen) atoms. The lowest BCUT2D eigenvalue weighted by Gasteiger charge is -2.26. The van der Waals surface area contributed by atoms with Crippen molar-refractivity contribution in [2.45, 2.75) is 44.9 Å². The standard InChI is InChI=1S/C17H23Cl2NO/c18-14-8-7-9-15(19)17(14)16(21)10-3-1-4-11-20-12-5-2-6-13-20/h7-9H,1-6,10-13H2. The van der Waals surface area contributed by atoms with Crippen LogP contribution in [0.1, 0.15) is 55.3 Å². The minimum atomic E-state index is 0.0589. The molecule has 0 radical (unpaired) electrons. The van der Waals surface area contributed by atoms with Gasteiger partial charge in [-0.3, -0.25) is 4.79 Å². The topological polar surface area (TPSA) is 20.3 Å². The lowest BCUT2D eigenvalue weighted by Crippen LogP contribution is -2.30. The number of rotatable bonds is 7. The van der Waals surface area contributed by atoms with Crippen LogP contribution < -0.4 is 0 Å². The molecule has 2 rings (SSSR count). The SMILES string of the molecule is O=C(CCCCCN1CCCCC1)c1c(Cl)cccc1Cl. The Kier molecular flexibility index (Phi) is 7.01. The lowest BCUT2D eigenvalue weighted by molar-refractivity contribution is 0.0979. The highest BCUT2D eigenvalue weighted by Gasteiger charge is 2.14. The number of hydrogen-bond acceptors (Lipinski definition) is 2. The van der Waals surface area contributed by atoms with Gasteiger partial charge >= 0.3 is 0 Å². The number of Topliss-reactive ketones (excluding diaryl/α,β-unsaturated/α-hetero) is 1. The minimum Gasteiger partial charge on any atom is -0.303 e. The fraction of sp³-hybridized carbons (Fsp3) is 0.588. The molecule has 0 aromatic heterocycles. The molecule has 2 nitrogen and oxygen atoms in total. The van der Waals surface area contributed by atoms with Crippen molar-refractivity contribution in [3.63, 3.8) is 0 Å². The van der Waals surface area contributed by atoms with E-state index >= 15 is 0 Å². The second kappa shape index (κ2) is 8.77. The van der Waals surface area contributed by atoms with E-state index in [-0.39, 0.29) is 5.78 Å². The van der Waals surface area contributed by atoms with Crippen molar-refractivity contribution < 1.29 is 4.79 Å². The molecule has 0 unspecified atom stereocenters. The van der Waals surface area contributed by atoms with Crippen LogP contribution in [0.4, 0.5) is 0 Å². The predicted octanol–water partition coefficient (Wildman–Crippen LogP) is 5.22. The van der Waals surface area contributed by atoms with E-state index in [0.717, 1.165) is 12.8 Å². The van der Waals surface area contributed by atoms with E-state index in [1.54, 1.807) is 18.2 Å². The fourth-order valence-corrected chi connectivity index (χ4v) is 3.48. The van der Waals surface area contributed by atoms with Crippen molar-refractivity contribution in [3.8, 4) is 0 Å². The van der Waals surface area contributed by atoms with E-state index in [1.807, 2.05) is 0 Å². The Balaban J connectivity index is 1.67. The summed E-state index contributed by atoms with van der Waals surface area (Å²) in [5.74, 6) is 0.0589. The van der Waals surface area contributed by atoms with Crippen LogP contribution >= 0.6 is 23.2 Å². The summed E-state index contributed by atoms with van der Waals surface area (Å²) in [5.41, 5.74) is 0.483. The first-order chi connectivity index (χ1) is 10.2. The molecule has 0 atom stereocenters. The zero-order chi connectivity index (χ0) is 15.1. The molecule has 116 valence electrons. The molecule has 1 saturated heterocycles. The Bertz CT molecular complexity index is 450. The average Bonchev–Trinajstić information content (AvgIpc) is 2.48. The highest BCUT2D eigenvalue weighted by Crippen LogP contribution is 2.26. The van der Waals surface area contributed by atoms with Gasteiger partial charge in [-0.1, -0.05) is 42.1 Å². The maximum Gasteiger partial charge on any atom is 0.165 e. The zero-order valence-corrected chi connectivity index (χ0v) is 13.9. The van der Waals surface area contributed by atoms with Crippen LogP contribution in [0.3, 0.4) is 0 Å². The van der Waals surface area contributed by atoms with E-state index < -0.39 is 0 Å². The van der Waals surface area contributed by atoms with Gasteiger partial charge in [-0.15, -0.1) is 0 Å². The first kappa shape index (κ1) is 16.8. The molecule has 0 saturated carbocycles. The maximum absolute atomic E-state index is 12.2. The van der Waals surface area contributed by atoms with Crippen LogP contribution in [0.25, 0.3) is 0 Å². The van der Waals surface area contributed by atoms with Gasteiger partial charge in [-0.25, -0.2) is 0 Å². The molecule has 0 spiro atoms. The molecule has 0 N–H and O–H groups in total. The summed E-state index contributed by atoms with van der Waals surface area (Å²) in [4.78, 5) is 14.7. The molecule has 1 aliphatic rings. The predicted molar refractivity (Wildman–Crippen MR) is 89.6 cm³/mol. The third kappa shape index (κ3) is 5.28. The first-order valence-corrected chi connectivity index (χ1v) is 8.63. The largest absolute Gasteiger partial charge is 0.303 e. The van der Waals surface area contributed by atoms with Crippen molar-refractivity contribution >= 4 is 29.0 Å². The Morgan fingerprint density at radius 1 is 1.00 bits per heavy atom. The number of piperidine rings is 1. The number of carbonyl (C=O) groups is 1. The molecule has 1 aliphatic heterocycles. The van der Waals surface area contributed by atoms with Crippen LogP contribution in [-0.2, 0) is 0 Å². The average molecular weight is 328 g/mol. The number of nitrogens with zero attached hydrogens (tertiary/aromatic N) is 1. The number of ketones is 1. The number of benzene rings is 1. The minimum absolute atomic E-state index is 0.0589. The molecule has 1 fully saturated rings. The van der Waals surface area contributed by atoms with Gasteiger partial charge in [0.2, 0.25) is 0 Å². The van der Waals surface area contributed by atoms with Crippen molar-refractivity contribution in [2.24, 2.45) is 0 Å². The Labute approximate surface area is 137 Å². The summed E-state index contributed by atoms with van der Waals surface area (Å²) in [7, 11) is 0. The number of hydrogen-bond donors (Lipinski definition) is 0. The summed E-state index contributed by atoms with van der Waals surface area (Å²) in [5, 5.41) is 0.918. The Hall–Kier alpha value is -0.570. The molecule has 0 bridgehead atoms. The highest BCUT2D eigenvalue weighted by atomic mass is 35.5. The monoisotopic (exact) mass is 327 g/mol. The van der Waals surface area contributed by atoms with E-state index in [0.29, 0.717) is 22.0 Å². The molecule has 0 aliphatic carbocycles. The van der Waals surface area contributed by atoms with E-state index in [9.17, 15) is 4.79 Å². The van der Waals surface area contributed by atoms with Crippen LogP contribution in [0.15, 0.2) is 18.2 Å². The summed E-state index contributed by atoms with van der Waals surface area (Å²) in [6.45, 7) is 3.66. The molecule has 4 heteroatoms. The molecule has 0 amide bonds. The third-order valence-electron chi connectivity index (χ3n) is 4.07. The van der Waals surface area contributed by atoms with Gasteiger partial charge in [-0.05, 0) is 57.5 Å². The number of likely N-dealkylation sites (tertiary alicyclic amines) is 1. The maximum atomic E-state index is 12.2. The number of unbranched alkanes of at least 4 members (excludes halogenated alkanes) is 2. The fourth-order valence-electron chi connectivity index (χ4n) is 2.87. The molecule has 1 aromatic rings. The van der Waals surface area contributed by atoms with Crippen molar-refractivity contribution in [1.82, 2.24) is 4.90 Å². The van der Waals surface area contributed by atoms with Gasteiger partial charge in [0.1, 0.15) is 0 Å². The van der Waals surface area contributed by atoms with Gasteiger partial charge in [0, 0.05) is 6.42 Å². The summed E-state index contributed by atoms with van der Waals surface area (Å²) < 4.78 is 0. The van der Waals surface area contributed by atoms with Gasteiger partial charge in [0.25, 0.3) is 0 Å². The number of carbonyl (C=O) groups excluding carboxylic acids is 1. The van der Waals surface area contributed by atoms with Gasteiger partial charge in [0.05, 0.1) is 15.6 Å². The quantitative estimate of drug-likeness (QED) is 0.505. The van der Waals surface area contributed by atoms with Crippen LogP contribution in [-0.4, -0.2) is 30.3 Å². The number of halogens is 2. The molecule has 1 aromatic carbocycles. The van der Waals surface area contributed by atoms with Crippen LogP contribution in [0.5, 0.6) is 0 Å². The van der Waals surface area contributed by atoms with Crippen LogP contribution in [0, 0.1) is 0 Å². The third-order valence-corrected chi connectivity index (χ3v) is 4.70.